The summed E-state index contributed by atoms with van der Waals surface area (Å²) < 4.78 is 5.46. The first-order chi connectivity index (χ1) is 10.2. The standard InChI is InChI=1S/C15H14N4O2/c16-9-11-5-6-13(19-10-11)15(20)18-7-8-21-14-4-2-1-3-12(14)17/h1-6,10H,7-8,17H2,(H,18,20). The van der Waals surface area contributed by atoms with Crippen molar-refractivity contribution in [2.75, 3.05) is 18.9 Å². The third-order valence-electron chi connectivity index (χ3n) is 2.69. The average Bonchev–Trinajstić information content (AvgIpc) is 2.53. The number of pyridine rings is 1. The minimum Gasteiger partial charge on any atom is -0.490 e. The third-order valence-corrected chi connectivity index (χ3v) is 2.69. The number of aromatic nitrogens is 1. The number of nitrogens with one attached hydrogen (secondary N) is 1. The van der Waals surface area contributed by atoms with Gasteiger partial charge in [0.1, 0.15) is 24.1 Å². The zero-order chi connectivity index (χ0) is 15.1. The Morgan fingerprint density at radius 2 is 2.14 bits per heavy atom. The van der Waals surface area contributed by atoms with Crippen molar-refractivity contribution >= 4 is 11.6 Å². The second-order valence-corrected chi connectivity index (χ2v) is 4.19. The van der Waals surface area contributed by atoms with Crippen LogP contribution in [-0.2, 0) is 0 Å². The largest absolute Gasteiger partial charge is 0.490 e. The van der Waals surface area contributed by atoms with Crippen LogP contribution in [0.4, 0.5) is 5.69 Å². The van der Waals surface area contributed by atoms with Gasteiger partial charge in [-0.25, -0.2) is 4.98 Å². The Hall–Kier alpha value is -3.07. The molecule has 1 aromatic carbocycles. The van der Waals surface area contributed by atoms with Crippen LogP contribution >= 0.6 is 0 Å². The lowest BCUT2D eigenvalue weighted by Crippen LogP contribution is -2.28. The smallest absolute Gasteiger partial charge is 0.269 e. The molecule has 3 N–H and O–H groups in total. The van der Waals surface area contributed by atoms with Gasteiger partial charge >= 0.3 is 0 Å². The van der Waals surface area contributed by atoms with Gasteiger partial charge in [-0.3, -0.25) is 4.79 Å². The topological polar surface area (TPSA) is 101 Å². The number of benzene rings is 1. The zero-order valence-electron chi connectivity index (χ0n) is 11.2. The van der Waals surface area contributed by atoms with Crippen LogP contribution in [0.15, 0.2) is 42.6 Å². The van der Waals surface area contributed by atoms with E-state index in [1.165, 1.54) is 12.3 Å². The normalized spacial score (nSPS) is 9.67. The Bertz CT molecular complexity index is 662. The maximum atomic E-state index is 11.8. The van der Waals surface area contributed by atoms with Gasteiger partial charge in [0.25, 0.3) is 5.91 Å². The van der Waals surface area contributed by atoms with Crippen LogP contribution in [0, 0.1) is 11.3 Å². The maximum Gasteiger partial charge on any atom is 0.269 e. The molecule has 6 nitrogen and oxygen atoms in total. The SMILES string of the molecule is N#Cc1ccc(C(=O)NCCOc2ccccc2N)nc1. The Morgan fingerprint density at radius 3 is 2.81 bits per heavy atom. The lowest BCUT2D eigenvalue weighted by atomic mass is 10.2. The molecule has 0 bridgehead atoms. The predicted molar refractivity (Wildman–Crippen MR) is 77.6 cm³/mol. The lowest BCUT2D eigenvalue weighted by molar-refractivity contribution is 0.0942. The highest BCUT2D eigenvalue weighted by atomic mass is 16.5. The van der Waals surface area contributed by atoms with E-state index in [4.69, 9.17) is 15.7 Å². The molecule has 6 heteroatoms. The highest BCUT2D eigenvalue weighted by Gasteiger charge is 2.06. The lowest BCUT2D eigenvalue weighted by Gasteiger charge is -2.09. The van der Waals surface area contributed by atoms with Gasteiger partial charge in [0.05, 0.1) is 17.8 Å². The number of para-hydroxylation sites is 2. The summed E-state index contributed by atoms with van der Waals surface area (Å²) in [5, 5.41) is 11.3. The molecule has 0 saturated carbocycles. The fourth-order valence-electron chi connectivity index (χ4n) is 1.62. The van der Waals surface area contributed by atoms with Gasteiger partial charge in [-0.15, -0.1) is 0 Å². The quantitative estimate of drug-likeness (QED) is 0.636. The number of nitrogens with two attached hydrogens (primary N) is 1. The van der Waals surface area contributed by atoms with E-state index < -0.39 is 0 Å². The molecule has 2 aromatic rings. The number of nitrogens with zero attached hydrogens (tertiary/aromatic N) is 2. The summed E-state index contributed by atoms with van der Waals surface area (Å²) in [5.41, 5.74) is 6.95. The van der Waals surface area contributed by atoms with Crippen molar-refractivity contribution in [1.29, 1.82) is 5.26 Å². The molecule has 1 amide bonds. The van der Waals surface area contributed by atoms with Crippen molar-refractivity contribution in [3.63, 3.8) is 0 Å². The molecule has 0 aliphatic heterocycles. The zero-order valence-corrected chi connectivity index (χ0v) is 11.2. The van der Waals surface area contributed by atoms with Crippen LogP contribution < -0.4 is 15.8 Å². The molecule has 106 valence electrons. The molecule has 0 radical (unpaired) electrons. The number of anilines is 1. The van der Waals surface area contributed by atoms with E-state index in [-0.39, 0.29) is 11.6 Å². The third kappa shape index (κ3) is 3.94. The number of amides is 1. The van der Waals surface area contributed by atoms with Gasteiger partial charge in [-0.2, -0.15) is 5.26 Å². The number of hydrogen-bond acceptors (Lipinski definition) is 5. The summed E-state index contributed by atoms with van der Waals surface area (Å²) in [6.07, 6.45) is 1.36. The Balaban J connectivity index is 1.79. The van der Waals surface area contributed by atoms with Gasteiger partial charge < -0.3 is 15.8 Å². The number of nitriles is 1. The summed E-state index contributed by atoms with van der Waals surface area (Å²) >= 11 is 0. The van der Waals surface area contributed by atoms with Crippen molar-refractivity contribution in [3.8, 4) is 11.8 Å². The molecule has 0 spiro atoms. The molecule has 1 heterocycles. The second-order valence-electron chi connectivity index (χ2n) is 4.19. The van der Waals surface area contributed by atoms with E-state index in [0.717, 1.165) is 0 Å². The second kappa shape index (κ2) is 6.91. The van der Waals surface area contributed by atoms with E-state index in [9.17, 15) is 4.79 Å². The highest BCUT2D eigenvalue weighted by molar-refractivity contribution is 5.92. The van der Waals surface area contributed by atoms with Crippen molar-refractivity contribution in [3.05, 3.63) is 53.9 Å². The number of carbonyl (C=O) groups excluding carboxylic acids is 1. The maximum absolute atomic E-state index is 11.8. The summed E-state index contributed by atoms with van der Waals surface area (Å²) in [4.78, 5) is 15.7. The summed E-state index contributed by atoms with van der Waals surface area (Å²) in [5.74, 6) is 0.271. The molecule has 0 aliphatic rings. The molecule has 0 aliphatic carbocycles. The molecule has 0 fully saturated rings. The van der Waals surface area contributed by atoms with Gasteiger partial charge in [-0.1, -0.05) is 12.1 Å². The van der Waals surface area contributed by atoms with Gasteiger partial charge in [0, 0.05) is 6.20 Å². The predicted octanol–water partition coefficient (Wildman–Crippen LogP) is 1.34. The molecule has 2 rings (SSSR count). The van der Waals surface area contributed by atoms with E-state index in [1.54, 1.807) is 18.2 Å². The van der Waals surface area contributed by atoms with Crippen molar-refractivity contribution in [2.24, 2.45) is 0 Å². The highest BCUT2D eigenvalue weighted by Crippen LogP contribution is 2.19. The molecular weight excluding hydrogens is 268 g/mol. The number of carbonyl (C=O) groups is 1. The fourth-order valence-corrected chi connectivity index (χ4v) is 1.62. The summed E-state index contributed by atoms with van der Waals surface area (Å²) in [6, 6.07) is 12.1. The van der Waals surface area contributed by atoms with Crippen molar-refractivity contribution < 1.29 is 9.53 Å². The molecule has 0 saturated heterocycles. The monoisotopic (exact) mass is 282 g/mol. The first kappa shape index (κ1) is 14.3. The molecule has 0 atom stereocenters. The minimum absolute atomic E-state index is 0.258. The molecule has 21 heavy (non-hydrogen) atoms. The number of ether oxygens (including phenoxy) is 1. The Kier molecular flexibility index (Phi) is 4.72. The number of hydrogen-bond donors (Lipinski definition) is 2. The average molecular weight is 282 g/mol. The van der Waals surface area contributed by atoms with Gasteiger partial charge in [0.2, 0.25) is 0 Å². The molecular formula is C15H14N4O2. The van der Waals surface area contributed by atoms with Crippen LogP contribution in [-0.4, -0.2) is 24.0 Å². The van der Waals surface area contributed by atoms with Gasteiger partial charge in [0.15, 0.2) is 0 Å². The Labute approximate surface area is 122 Å². The summed E-state index contributed by atoms with van der Waals surface area (Å²) in [6.45, 7) is 0.630. The van der Waals surface area contributed by atoms with Crippen LogP contribution in [0.2, 0.25) is 0 Å². The van der Waals surface area contributed by atoms with Crippen LogP contribution in [0.1, 0.15) is 16.1 Å². The Morgan fingerprint density at radius 1 is 1.33 bits per heavy atom. The van der Waals surface area contributed by atoms with Crippen molar-refractivity contribution in [1.82, 2.24) is 10.3 Å². The van der Waals surface area contributed by atoms with E-state index in [1.807, 2.05) is 18.2 Å². The molecule has 0 unspecified atom stereocenters. The number of nitrogen functional groups attached to an aromatic ring is 1. The van der Waals surface area contributed by atoms with E-state index >= 15 is 0 Å². The van der Waals surface area contributed by atoms with E-state index in [0.29, 0.717) is 30.2 Å². The number of rotatable bonds is 5. The van der Waals surface area contributed by atoms with E-state index in [2.05, 4.69) is 10.3 Å². The summed E-state index contributed by atoms with van der Waals surface area (Å²) in [7, 11) is 0. The fraction of sp³-hybridized carbons (Fsp3) is 0.133. The van der Waals surface area contributed by atoms with Gasteiger partial charge in [-0.05, 0) is 24.3 Å². The minimum atomic E-state index is -0.316. The molecule has 1 aromatic heterocycles. The first-order valence-corrected chi connectivity index (χ1v) is 6.32. The van der Waals surface area contributed by atoms with Crippen LogP contribution in [0.3, 0.4) is 0 Å². The van der Waals surface area contributed by atoms with Crippen molar-refractivity contribution in [2.45, 2.75) is 0 Å². The van der Waals surface area contributed by atoms with Crippen LogP contribution in [0.5, 0.6) is 5.75 Å². The van der Waals surface area contributed by atoms with Crippen LogP contribution in [0.25, 0.3) is 0 Å². The first-order valence-electron chi connectivity index (χ1n) is 6.32.